The zero-order valence-electron chi connectivity index (χ0n) is 12.5. The van der Waals surface area contributed by atoms with E-state index in [2.05, 4.69) is 0 Å². The molecule has 0 fully saturated rings. The number of para-hydroxylation sites is 2. The zero-order valence-corrected chi connectivity index (χ0v) is 13.4. The molecule has 24 heavy (non-hydrogen) atoms. The Hall–Kier alpha value is -3.10. The van der Waals surface area contributed by atoms with Gasteiger partial charge in [0.15, 0.2) is 0 Å². The number of fused-ring (bicyclic) bond motifs is 3. The number of nitrogens with zero attached hydrogens (tertiary/aromatic N) is 2. The van der Waals surface area contributed by atoms with Crippen molar-refractivity contribution in [1.82, 2.24) is 3.97 Å². The van der Waals surface area contributed by atoms with Crippen molar-refractivity contribution in [2.45, 2.75) is 4.90 Å². The summed E-state index contributed by atoms with van der Waals surface area (Å²) in [4.78, 5) is 0.160. The van der Waals surface area contributed by atoms with Gasteiger partial charge in [-0.15, -0.1) is 0 Å². The van der Waals surface area contributed by atoms with E-state index in [-0.39, 0.29) is 4.90 Å². The molecule has 0 atom stereocenters. The molecule has 0 amide bonds. The average molecular weight is 332 g/mol. The summed E-state index contributed by atoms with van der Waals surface area (Å²) in [6.07, 6.45) is 0. The standard InChI is InChI=1S/C19H12N2O2S/c20-13-14-9-11-15(12-10-14)24(22,23)21-18-7-3-1-5-16(18)17-6-2-4-8-19(17)21/h1-12H. The van der Waals surface area contributed by atoms with Gasteiger partial charge in [0.05, 0.1) is 27.6 Å². The summed E-state index contributed by atoms with van der Waals surface area (Å²) >= 11 is 0. The van der Waals surface area contributed by atoms with Crippen molar-refractivity contribution in [3.63, 3.8) is 0 Å². The van der Waals surface area contributed by atoms with Crippen molar-refractivity contribution < 1.29 is 8.42 Å². The number of rotatable bonds is 2. The number of aromatic nitrogens is 1. The molecular weight excluding hydrogens is 320 g/mol. The molecule has 4 rings (SSSR count). The maximum Gasteiger partial charge on any atom is 0.268 e. The van der Waals surface area contributed by atoms with Gasteiger partial charge in [0.25, 0.3) is 10.0 Å². The van der Waals surface area contributed by atoms with Crippen LogP contribution in [-0.2, 0) is 10.0 Å². The van der Waals surface area contributed by atoms with E-state index in [1.165, 1.54) is 28.2 Å². The Balaban J connectivity index is 2.08. The number of nitriles is 1. The van der Waals surface area contributed by atoms with Crippen LogP contribution in [-0.4, -0.2) is 12.4 Å². The summed E-state index contributed by atoms with van der Waals surface area (Å²) in [6, 6.07) is 22.9. The Morgan fingerprint density at radius 1 is 0.750 bits per heavy atom. The molecule has 0 radical (unpaired) electrons. The summed E-state index contributed by atoms with van der Waals surface area (Å²) in [7, 11) is -3.77. The molecule has 0 unspecified atom stereocenters. The van der Waals surface area contributed by atoms with E-state index in [1.54, 1.807) is 12.1 Å². The molecule has 0 saturated heterocycles. The second-order valence-corrected chi connectivity index (χ2v) is 7.23. The third-order valence-electron chi connectivity index (χ3n) is 4.06. The predicted octanol–water partition coefficient (Wildman–Crippen LogP) is 3.90. The molecule has 0 spiro atoms. The molecule has 3 aromatic carbocycles. The van der Waals surface area contributed by atoms with Gasteiger partial charge >= 0.3 is 0 Å². The predicted molar refractivity (Wildman–Crippen MR) is 93.2 cm³/mol. The maximum atomic E-state index is 13.2. The molecule has 0 saturated carbocycles. The van der Waals surface area contributed by atoms with Crippen LogP contribution >= 0.6 is 0 Å². The van der Waals surface area contributed by atoms with Crippen LogP contribution in [0.5, 0.6) is 0 Å². The SMILES string of the molecule is N#Cc1ccc(S(=O)(=O)n2c3ccccc3c3ccccc32)cc1. The van der Waals surface area contributed by atoms with Gasteiger partial charge in [-0.05, 0) is 36.4 Å². The molecule has 4 nitrogen and oxygen atoms in total. The third kappa shape index (κ3) is 2.01. The normalized spacial score (nSPS) is 11.6. The lowest BCUT2D eigenvalue weighted by Crippen LogP contribution is -2.12. The van der Waals surface area contributed by atoms with Crippen molar-refractivity contribution in [2.24, 2.45) is 0 Å². The van der Waals surface area contributed by atoms with Crippen LogP contribution in [0.15, 0.2) is 77.7 Å². The van der Waals surface area contributed by atoms with Gasteiger partial charge in [-0.3, -0.25) is 0 Å². The fraction of sp³-hybridized carbons (Fsp3) is 0. The molecule has 1 heterocycles. The van der Waals surface area contributed by atoms with Crippen LogP contribution in [0.3, 0.4) is 0 Å². The van der Waals surface area contributed by atoms with Crippen molar-refractivity contribution >= 4 is 31.8 Å². The first kappa shape index (κ1) is 14.5. The summed E-state index contributed by atoms with van der Waals surface area (Å²) in [5.41, 5.74) is 1.71. The highest BCUT2D eigenvalue weighted by Gasteiger charge is 2.22. The van der Waals surface area contributed by atoms with Gasteiger partial charge in [0, 0.05) is 10.8 Å². The van der Waals surface area contributed by atoms with E-state index in [1.807, 2.05) is 42.5 Å². The van der Waals surface area contributed by atoms with Crippen LogP contribution in [0.4, 0.5) is 0 Å². The lowest BCUT2D eigenvalue weighted by Gasteiger charge is -2.09. The fourth-order valence-corrected chi connectivity index (χ4v) is 4.48. The number of hydrogen-bond donors (Lipinski definition) is 0. The Kier molecular flexibility index (Phi) is 3.15. The minimum Gasteiger partial charge on any atom is -0.233 e. The smallest absolute Gasteiger partial charge is 0.233 e. The molecule has 0 aliphatic heterocycles. The largest absolute Gasteiger partial charge is 0.268 e. The molecule has 0 bridgehead atoms. The highest BCUT2D eigenvalue weighted by molar-refractivity contribution is 7.90. The summed E-state index contributed by atoms with van der Waals surface area (Å²) in [5, 5.41) is 10.7. The van der Waals surface area contributed by atoms with Gasteiger partial charge in [0.2, 0.25) is 0 Å². The van der Waals surface area contributed by atoms with Crippen LogP contribution in [0.1, 0.15) is 5.56 Å². The van der Waals surface area contributed by atoms with E-state index in [0.717, 1.165) is 10.8 Å². The topological polar surface area (TPSA) is 62.9 Å². The highest BCUT2D eigenvalue weighted by atomic mass is 32.2. The molecule has 5 heteroatoms. The molecule has 4 aromatic rings. The quantitative estimate of drug-likeness (QED) is 0.559. The maximum absolute atomic E-state index is 13.2. The fourth-order valence-electron chi connectivity index (χ4n) is 2.95. The second kappa shape index (κ2) is 5.22. The molecule has 1 aromatic heterocycles. The minimum absolute atomic E-state index is 0.160. The minimum atomic E-state index is -3.77. The van der Waals surface area contributed by atoms with Gasteiger partial charge < -0.3 is 0 Å². The molecule has 0 aliphatic carbocycles. The first-order valence-electron chi connectivity index (χ1n) is 7.37. The van der Waals surface area contributed by atoms with Gasteiger partial charge in [-0.2, -0.15) is 5.26 Å². The zero-order chi connectivity index (χ0) is 16.7. The number of hydrogen-bond acceptors (Lipinski definition) is 3. The van der Waals surface area contributed by atoms with E-state index in [9.17, 15) is 8.42 Å². The van der Waals surface area contributed by atoms with Crippen LogP contribution in [0.25, 0.3) is 21.8 Å². The second-order valence-electron chi connectivity index (χ2n) is 5.44. The first-order chi connectivity index (χ1) is 11.6. The summed E-state index contributed by atoms with van der Waals surface area (Å²) in [6.45, 7) is 0. The van der Waals surface area contributed by atoms with Crippen molar-refractivity contribution in [2.75, 3.05) is 0 Å². The van der Waals surface area contributed by atoms with Crippen molar-refractivity contribution in [3.05, 3.63) is 78.4 Å². The van der Waals surface area contributed by atoms with Gasteiger partial charge in [-0.1, -0.05) is 36.4 Å². The van der Waals surface area contributed by atoms with Crippen LogP contribution in [0, 0.1) is 11.3 Å². The molecule has 0 aliphatic rings. The molecule has 0 N–H and O–H groups in total. The van der Waals surface area contributed by atoms with Crippen molar-refractivity contribution in [3.8, 4) is 6.07 Å². The summed E-state index contributed by atoms with van der Waals surface area (Å²) < 4.78 is 27.8. The Morgan fingerprint density at radius 2 is 1.25 bits per heavy atom. The van der Waals surface area contributed by atoms with Crippen LogP contribution < -0.4 is 0 Å². The van der Waals surface area contributed by atoms with E-state index < -0.39 is 10.0 Å². The monoisotopic (exact) mass is 332 g/mol. The average Bonchev–Trinajstić information content (AvgIpc) is 2.97. The van der Waals surface area contributed by atoms with E-state index >= 15 is 0 Å². The lowest BCUT2D eigenvalue weighted by molar-refractivity contribution is 0.590. The third-order valence-corrected chi connectivity index (χ3v) is 5.80. The molecular formula is C19H12N2O2S. The highest BCUT2D eigenvalue weighted by Crippen LogP contribution is 2.32. The summed E-state index contributed by atoms with van der Waals surface area (Å²) in [5.74, 6) is 0. The van der Waals surface area contributed by atoms with Crippen molar-refractivity contribution in [1.29, 1.82) is 5.26 Å². The van der Waals surface area contributed by atoms with E-state index in [4.69, 9.17) is 5.26 Å². The van der Waals surface area contributed by atoms with Gasteiger partial charge in [-0.25, -0.2) is 12.4 Å². The van der Waals surface area contributed by atoms with Gasteiger partial charge in [0.1, 0.15) is 0 Å². The Bertz CT molecular complexity index is 1160. The number of benzene rings is 3. The first-order valence-corrected chi connectivity index (χ1v) is 8.81. The molecule has 116 valence electrons. The Labute approximate surface area is 139 Å². The van der Waals surface area contributed by atoms with Crippen LogP contribution in [0.2, 0.25) is 0 Å². The Morgan fingerprint density at radius 3 is 1.75 bits per heavy atom. The van der Waals surface area contributed by atoms with E-state index in [0.29, 0.717) is 16.6 Å². The lowest BCUT2D eigenvalue weighted by atomic mass is 10.2.